The van der Waals surface area contributed by atoms with Gasteiger partial charge in [-0.3, -0.25) is 9.78 Å². The zero-order valence-electron chi connectivity index (χ0n) is 9.86. The van der Waals surface area contributed by atoms with Crippen LogP contribution in [0.15, 0.2) is 23.0 Å². The van der Waals surface area contributed by atoms with Crippen molar-refractivity contribution in [3.8, 4) is 6.01 Å². The van der Waals surface area contributed by atoms with Gasteiger partial charge in [0.2, 0.25) is 0 Å². The summed E-state index contributed by atoms with van der Waals surface area (Å²) in [6, 6.07) is 5.28. The monoisotopic (exact) mass is 233 g/mol. The summed E-state index contributed by atoms with van der Waals surface area (Å²) in [6.45, 7) is 4.57. The summed E-state index contributed by atoms with van der Waals surface area (Å²) in [5.41, 5.74) is 6.51. The molecule has 0 bridgehead atoms. The van der Waals surface area contributed by atoms with Crippen LogP contribution in [-0.4, -0.2) is 16.6 Å². The van der Waals surface area contributed by atoms with E-state index in [1.54, 1.807) is 18.2 Å². The molecule has 2 rings (SSSR count). The minimum Gasteiger partial charge on any atom is -0.464 e. The number of nitrogens with two attached hydrogens (primary N) is 1. The molecule has 3 N–H and O–H groups in total. The standard InChI is InChI=1S/C12H15N3O2/c1-7(2)6-17-12-14-10-4-3-8(13)5-9(10)11(16)15-12/h3-5,7H,6,13H2,1-2H3,(H,14,15,16). The van der Waals surface area contributed by atoms with Gasteiger partial charge in [-0.15, -0.1) is 0 Å². The van der Waals surface area contributed by atoms with Crippen molar-refractivity contribution in [3.63, 3.8) is 0 Å². The molecule has 0 aliphatic heterocycles. The molecule has 0 fully saturated rings. The van der Waals surface area contributed by atoms with E-state index in [0.717, 1.165) is 0 Å². The van der Waals surface area contributed by atoms with E-state index in [1.165, 1.54) is 0 Å². The summed E-state index contributed by atoms with van der Waals surface area (Å²) in [5.74, 6) is 0.377. The molecule has 1 heterocycles. The molecule has 5 nitrogen and oxygen atoms in total. The van der Waals surface area contributed by atoms with Crippen molar-refractivity contribution < 1.29 is 4.74 Å². The van der Waals surface area contributed by atoms with E-state index in [2.05, 4.69) is 9.97 Å². The number of H-pyrrole nitrogens is 1. The van der Waals surface area contributed by atoms with Crippen molar-refractivity contribution in [2.45, 2.75) is 13.8 Å². The molecule has 0 amide bonds. The SMILES string of the molecule is CC(C)COc1nc2ccc(N)cc2c(=O)[nH]1. The minimum atomic E-state index is -0.235. The average molecular weight is 233 g/mol. The molecule has 5 heteroatoms. The van der Waals surface area contributed by atoms with Gasteiger partial charge in [0.15, 0.2) is 0 Å². The first-order valence-corrected chi connectivity index (χ1v) is 5.48. The molecule has 0 spiro atoms. The van der Waals surface area contributed by atoms with Gasteiger partial charge >= 0.3 is 0 Å². The van der Waals surface area contributed by atoms with Gasteiger partial charge in [-0.2, -0.15) is 4.98 Å². The van der Waals surface area contributed by atoms with Crippen LogP contribution in [0.1, 0.15) is 13.8 Å². The van der Waals surface area contributed by atoms with Gasteiger partial charge in [0.1, 0.15) is 0 Å². The summed E-state index contributed by atoms with van der Waals surface area (Å²) < 4.78 is 5.39. The van der Waals surface area contributed by atoms with Crippen LogP contribution >= 0.6 is 0 Å². The fourth-order valence-corrected chi connectivity index (χ4v) is 1.45. The molecule has 1 aromatic carbocycles. The van der Waals surface area contributed by atoms with Gasteiger partial charge in [0, 0.05) is 5.69 Å². The van der Waals surface area contributed by atoms with Crippen LogP contribution in [0.5, 0.6) is 6.01 Å². The van der Waals surface area contributed by atoms with Gasteiger partial charge in [0.05, 0.1) is 17.5 Å². The normalized spacial score (nSPS) is 11.0. The molecular formula is C12H15N3O2. The minimum absolute atomic E-state index is 0.235. The van der Waals surface area contributed by atoms with Crippen LogP contribution in [0.3, 0.4) is 0 Å². The number of ether oxygens (including phenoxy) is 1. The highest BCUT2D eigenvalue weighted by atomic mass is 16.5. The number of anilines is 1. The first kappa shape index (κ1) is 11.4. The summed E-state index contributed by atoms with van der Waals surface area (Å²) >= 11 is 0. The molecular weight excluding hydrogens is 218 g/mol. The van der Waals surface area contributed by atoms with E-state index >= 15 is 0 Å². The van der Waals surface area contributed by atoms with Crippen LogP contribution < -0.4 is 16.0 Å². The second-order valence-electron chi connectivity index (χ2n) is 4.35. The highest BCUT2D eigenvalue weighted by molar-refractivity contribution is 5.81. The Kier molecular flexibility index (Phi) is 2.99. The molecule has 0 saturated heterocycles. The molecule has 1 aromatic heterocycles. The number of nitrogens with one attached hydrogen (secondary N) is 1. The summed E-state index contributed by atoms with van der Waals surface area (Å²) in [5, 5.41) is 0.474. The molecule has 0 atom stereocenters. The Bertz CT molecular complexity index is 590. The maximum atomic E-state index is 11.8. The topological polar surface area (TPSA) is 81.0 Å². The van der Waals surface area contributed by atoms with E-state index in [0.29, 0.717) is 29.1 Å². The molecule has 2 aromatic rings. The third-order valence-electron chi connectivity index (χ3n) is 2.26. The lowest BCUT2D eigenvalue weighted by atomic mass is 10.2. The molecule has 90 valence electrons. The van der Waals surface area contributed by atoms with E-state index in [-0.39, 0.29) is 11.6 Å². The van der Waals surface area contributed by atoms with Crippen LogP contribution in [0, 0.1) is 5.92 Å². The molecule has 0 aliphatic rings. The van der Waals surface area contributed by atoms with Crippen molar-refractivity contribution in [2.24, 2.45) is 5.92 Å². The number of fused-ring (bicyclic) bond motifs is 1. The Morgan fingerprint density at radius 1 is 1.47 bits per heavy atom. The molecule has 0 saturated carbocycles. The predicted octanol–water partition coefficient (Wildman–Crippen LogP) is 1.54. The van der Waals surface area contributed by atoms with Gasteiger partial charge < -0.3 is 10.5 Å². The Balaban J connectivity index is 2.42. The second-order valence-corrected chi connectivity index (χ2v) is 4.35. The van der Waals surface area contributed by atoms with Crippen molar-refractivity contribution in [2.75, 3.05) is 12.3 Å². The molecule has 0 unspecified atom stereocenters. The number of aromatic nitrogens is 2. The zero-order valence-corrected chi connectivity index (χ0v) is 9.86. The highest BCUT2D eigenvalue weighted by Gasteiger charge is 2.05. The third kappa shape index (κ3) is 2.55. The lowest BCUT2D eigenvalue weighted by molar-refractivity contribution is 0.251. The van der Waals surface area contributed by atoms with Gasteiger partial charge in [-0.25, -0.2) is 0 Å². The lowest BCUT2D eigenvalue weighted by Gasteiger charge is -2.07. The quantitative estimate of drug-likeness (QED) is 0.788. The van der Waals surface area contributed by atoms with Crippen LogP contribution in [0.25, 0.3) is 10.9 Å². The maximum absolute atomic E-state index is 11.8. The molecule has 0 radical (unpaired) electrons. The smallest absolute Gasteiger partial charge is 0.297 e. The molecule has 0 aliphatic carbocycles. The summed E-state index contributed by atoms with van der Waals surface area (Å²) in [4.78, 5) is 18.6. The second kappa shape index (κ2) is 4.45. The number of hydrogen-bond donors (Lipinski definition) is 2. The number of hydrogen-bond acceptors (Lipinski definition) is 4. The number of nitrogens with zero attached hydrogens (tertiary/aromatic N) is 1. The van der Waals surface area contributed by atoms with Crippen molar-refractivity contribution in [1.82, 2.24) is 9.97 Å². The van der Waals surface area contributed by atoms with E-state index < -0.39 is 0 Å². The molecule has 17 heavy (non-hydrogen) atoms. The zero-order chi connectivity index (χ0) is 12.4. The third-order valence-corrected chi connectivity index (χ3v) is 2.26. The maximum Gasteiger partial charge on any atom is 0.297 e. The highest BCUT2D eigenvalue weighted by Crippen LogP contribution is 2.13. The van der Waals surface area contributed by atoms with Crippen molar-refractivity contribution >= 4 is 16.6 Å². The fourth-order valence-electron chi connectivity index (χ4n) is 1.45. The number of nitrogen functional groups attached to an aromatic ring is 1. The Morgan fingerprint density at radius 3 is 2.94 bits per heavy atom. The summed E-state index contributed by atoms with van der Waals surface area (Å²) in [6.07, 6.45) is 0. The van der Waals surface area contributed by atoms with Gasteiger partial charge in [-0.1, -0.05) is 13.8 Å². The van der Waals surface area contributed by atoms with E-state index in [1.807, 2.05) is 13.8 Å². The van der Waals surface area contributed by atoms with Crippen LogP contribution in [0.2, 0.25) is 0 Å². The van der Waals surface area contributed by atoms with Gasteiger partial charge in [-0.05, 0) is 24.1 Å². The fraction of sp³-hybridized carbons (Fsp3) is 0.333. The van der Waals surface area contributed by atoms with E-state index in [9.17, 15) is 4.79 Å². The van der Waals surface area contributed by atoms with Crippen molar-refractivity contribution in [1.29, 1.82) is 0 Å². The first-order valence-electron chi connectivity index (χ1n) is 5.48. The Hall–Kier alpha value is -2.04. The first-order chi connectivity index (χ1) is 8.06. The largest absolute Gasteiger partial charge is 0.464 e. The Labute approximate surface area is 98.6 Å². The lowest BCUT2D eigenvalue weighted by Crippen LogP contribution is -2.13. The number of benzene rings is 1. The predicted molar refractivity (Wildman–Crippen MR) is 67.1 cm³/mol. The van der Waals surface area contributed by atoms with Crippen molar-refractivity contribution in [3.05, 3.63) is 28.6 Å². The summed E-state index contributed by atoms with van der Waals surface area (Å²) in [7, 11) is 0. The van der Waals surface area contributed by atoms with E-state index in [4.69, 9.17) is 10.5 Å². The van der Waals surface area contributed by atoms with Gasteiger partial charge in [0.25, 0.3) is 11.6 Å². The Morgan fingerprint density at radius 2 is 2.24 bits per heavy atom. The number of rotatable bonds is 3. The average Bonchev–Trinajstić information content (AvgIpc) is 2.27. The van der Waals surface area contributed by atoms with Crippen LogP contribution in [-0.2, 0) is 0 Å². The van der Waals surface area contributed by atoms with Crippen LogP contribution in [0.4, 0.5) is 5.69 Å². The number of aromatic amines is 1.